The number of aromatic nitrogens is 1. The van der Waals surface area contributed by atoms with E-state index in [2.05, 4.69) is 5.16 Å². The fraction of sp³-hybridized carbons (Fsp3) is 0.231. The number of nitrogens with zero attached hydrogens (tertiary/aromatic N) is 2. The summed E-state index contributed by atoms with van der Waals surface area (Å²) < 4.78 is 10.1. The molecule has 0 atom stereocenters. The van der Waals surface area contributed by atoms with Crippen LogP contribution in [-0.4, -0.2) is 25.2 Å². The van der Waals surface area contributed by atoms with Crippen LogP contribution in [0.1, 0.15) is 16.1 Å². The zero-order valence-electron chi connectivity index (χ0n) is 10.5. The first-order valence-corrected chi connectivity index (χ1v) is 5.47. The molecule has 2 rings (SSSR count). The van der Waals surface area contributed by atoms with Crippen LogP contribution in [0.3, 0.4) is 0 Å². The van der Waals surface area contributed by atoms with E-state index in [0.717, 1.165) is 0 Å². The fourth-order valence-corrected chi connectivity index (χ4v) is 1.70. The van der Waals surface area contributed by atoms with Gasteiger partial charge >= 0.3 is 0 Å². The molecule has 0 N–H and O–H groups in total. The van der Waals surface area contributed by atoms with E-state index < -0.39 is 0 Å². The van der Waals surface area contributed by atoms with Crippen LogP contribution >= 0.6 is 0 Å². The maximum Gasteiger partial charge on any atom is 0.263 e. The van der Waals surface area contributed by atoms with Gasteiger partial charge in [-0.15, -0.1) is 0 Å². The van der Waals surface area contributed by atoms with Gasteiger partial charge in [-0.05, 0) is 19.1 Å². The molecule has 0 aliphatic rings. The highest BCUT2D eigenvalue weighted by Gasteiger charge is 2.20. The first-order valence-electron chi connectivity index (χ1n) is 5.47. The highest BCUT2D eigenvalue weighted by atomic mass is 16.5. The van der Waals surface area contributed by atoms with E-state index in [9.17, 15) is 4.79 Å². The van der Waals surface area contributed by atoms with Crippen LogP contribution in [0.15, 0.2) is 35.0 Å². The van der Waals surface area contributed by atoms with Gasteiger partial charge in [-0.3, -0.25) is 4.79 Å². The largest absolute Gasteiger partial charge is 0.495 e. The molecule has 1 aromatic carbocycles. The van der Waals surface area contributed by atoms with E-state index in [1.165, 1.54) is 11.1 Å². The van der Waals surface area contributed by atoms with E-state index in [-0.39, 0.29) is 5.91 Å². The average Bonchev–Trinajstić information content (AvgIpc) is 2.83. The summed E-state index contributed by atoms with van der Waals surface area (Å²) in [7, 11) is 3.26. The molecule has 0 fully saturated rings. The molecular weight excluding hydrogens is 232 g/mol. The number of hydrogen-bond donors (Lipinski definition) is 0. The van der Waals surface area contributed by atoms with Gasteiger partial charge < -0.3 is 14.2 Å². The predicted octanol–water partition coefficient (Wildman–Crippen LogP) is 2.27. The van der Waals surface area contributed by atoms with Crippen LogP contribution in [0.25, 0.3) is 0 Å². The van der Waals surface area contributed by atoms with E-state index in [1.807, 2.05) is 18.2 Å². The van der Waals surface area contributed by atoms with E-state index in [0.29, 0.717) is 22.8 Å². The third-order valence-corrected chi connectivity index (χ3v) is 2.73. The smallest absolute Gasteiger partial charge is 0.263 e. The quantitative estimate of drug-likeness (QED) is 0.833. The van der Waals surface area contributed by atoms with Crippen LogP contribution < -0.4 is 9.64 Å². The molecular formula is C13H14N2O3. The van der Waals surface area contributed by atoms with Crippen molar-refractivity contribution in [3.8, 4) is 5.75 Å². The molecule has 0 aliphatic heterocycles. The minimum Gasteiger partial charge on any atom is -0.495 e. The second-order valence-corrected chi connectivity index (χ2v) is 3.83. The van der Waals surface area contributed by atoms with E-state index in [1.54, 1.807) is 27.1 Å². The number of aryl methyl sites for hydroxylation is 1. The second-order valence-electron chi connectivity index (χ2n) is 3.83. The van der Waals surface area contributed by atoms with Gasteiger partial charge in [0.05, 0.1) is 19.0 Å². The summed E-state index contributed by atoms with van der Waals surface area (Å²) in [6.07, 6.45) is 1.42. The Bertz CT molecular complexity index is 563. The molecule has 1 amide bonds. The van der Waals surface area contributed by atoms with Crippen molar-refractivity contribution in [3.05, 3.63) is 41.8 Å². The van der Waals surface area contributed by atoms with Crippen molar-refractivity contribution >= 4 is 11.6 Å². The third-order valence-electron chi connectivity index (χ3n) is 2.73. The molecule has 0 saturated heterocycles. The Kier molecular flexibility index (Phi) is 3.32. The highest BCUT2D eigenvalue weighted by molar-refractivity contribution is 6.06. The van der Waals surface area contributed by atoms with Crippen molar-refractivity contribution in [2.24, 2.45) is 0 Å². The van der Waals surface area contributed by atoms with Gasteiger partial charge in [-0.25, -0.2) is 0 Å². The lowest BCUT2D eigenvalue weighted by Gasteiger charge is -2.19. The van der Waals surface area contributed by atoms with Crippen LogP contribution in [0.4, 0.5) is 5.69 Å². The standard InChI is InChI=1S/C13H14N2O3/c1-9-10(8-14-18-9)13(16)15(2)11-6-4-5-7-12(11)17-3/h4-8H,1-3H3. The molecule has 0 radical (unpaired) electrons. The number of rotatable bonds is 3. The Labute approximate surface area is 105 Å². The number of amides is 1. The molecule has 94 valence electrons. The van der Waals surface area contributed by atoms with Crippen molar-refractivity contribution in [2.45, 2.75) is 6.92 Å². The predicted molar refractivity (Wildman–Crippen MR) is 67.0 cm³/mol. The Morgan fingerprint density at radius 1 is 1.39 bits per heavy atom. The Hall–Kier alpha value is -2.30. The number of methoxy groups -OCH3 is 1. The number of benzene rings is 1. The summed E-state index contributed by atoms with van der Waals surface area (Å²) in [5.41, 5.74) is 1.15. The Morgan fingerprint density at radius 3 is 2.72 bits per heavy atom. The normalized spacial score (nSPS) is 10.2. The topological polar surface area (TPSA) is 55.6 Å². The molecule has 1 heterocycles. The van der Waals surface area contributed by atoms with Gasteiger partial charge in [-0.2, -0.15) is 0 Å². The number of anilines is 1. The van der Waals surface area contributed by atoms with Crippen LogP contribution in [0.2, 0.25) is 0 Å². The summed E-state index contributed by atoms with van der Waals surface area (Å²) in [5, 5.41) is 3.61. The average molecular weight is 246 g/mol. The summed E-state index contributed by atoms with van der Waals surface area (Å²) >= 11 is 0. The molecule has 5 heteroatoms. The van der Waals surface area contributed by atoms with Crippen molar-refractivity contribution < 1.29 is 14.1 Å². The third kappa shape index (κ3) is 2.07. The van der Waals surface area contributed by atoms with Crippen LogP contribution in [0, 0.1) is 6.92 Å². The van der Waals surface area contributed by atoms with Crippen molar-refractivity contribution in [1.29, 1.82) is 0 Å². The summed E-state index contributed by atoms with van der Waals surface area (Å²) in [6, 6.07) is 7.33. The molecule has 0 saturated carbocycles. The Morgan fingerprint density at radius 2 is 2.11 bits per heavy atom. The molecule has 2 aromatic rings. The zero-order chi connectivity index (χ0) is 13.1. The van der Waals surface area contributed by atoms with E-state index in [4.69, 9.17) is 9.26 Å². The first-order chi connectivity index (χ1) is 8.65. The van der Waals surface area contributed by atoms with E-state index >= 15 is 0 Å². The van der Waals surface area contributed by atoms with Gasteiger partial charge in [0.1, 0.15) is 17.1 Å². The lowest BCUT2D eigenvalue weighted by molar-refractivity contribution is 0.0991. The molecule has 1 aromatic heterocycles. The minimum absolute atomic E-state index is 0.182. The lowest BCUT2D eigenvalue weighted by Crippen LogP contribution is -2.26. The van der Waals surface area contributed by atoms with Crippen molar-refractivity contribution in [1.82, 2.24) is 5.16 Å². The van der Waals surface area contributed by atoms with Crippen LogP contribution in [-0.2, 0) is 0 Å². The molecule has 0 unspecified atom stereocenters. The molecule has 18 heavy (non-hydrogen) atoms. The summed E-state index contributed by atoms with van der Waals surface area (Å²) in [5.74, 6) is 0.961. The maximum absolute atomic E-state index is 12.3. The first kappa shape index (κ1) is 12.2. The molecule has 0 aliphatic carbocycles. The SMILES string of the molecule is COc1ccccc1N(C)C(=O)c1cnoc1C. The number of carbonyl (C=O) groups excluding carboxylic acids is 1. The highest BCUT2D eigenvalue weighted by Crippen LogP contribution is 2.28. The maximum atomic E-state index is 12.3. The Balaban J connectivity index is 2.34. The molecule has 0 bridgehead atoms. The lowest BCUT2D eigenvalue weighted by atomic mass is 10.2. The summed E-state index contributed by atoms with van der Waals surface area (Å²) in [6.45, 7) is 1.70. The number of ether oxygens (including phenoxy) is 1. The fourth-order valence-electron chi connectivity index (χ4n) is 1.70. The van der Waals surface area contributed by atoms with Gasteiger partial charge in [0.2, 0.25) is 0 Å². The van der Waals surface area contributed by atoms with Gasteiger partial charge in [0.15, 0.2) is 0 Å². The van der Waals surface area contributed by atoms with Crippen LogP contribution in [0.5, 0.6) is 5.75 Å². The molecule has 5 nitrogen and oxygen atoms in total. The second kappa shape index (κ2) is 4.91. The van der Waals surface area contributed by atoms with Crippen molar-refractivity contribution in [2.75, 3.05) is 19.1 Å². The van der Waals surface area contributed by atoms with Gasteiger partial charge in [0.25, 0.3) is 5.91 Å². The van der Waals surface area contributed by atoms with Gasteiger partial charge in [0, 0.05) is 7.05 Å². The monoisotopic (exact) mass is 246 g/mol. The molecule has 0 spiro atoms. The van der Waals surface area contributed by atoms with Crippen molar-refractivity contribution in [3.63, 3.8) is 0 Å². The minimum atomic E-state index is -0.182. The number of hydrogen-bond acceptors (Lipinski definition) is 4. The number of para-hydroxylation sites is 2. The zero-order valence-corrected chi connectivity index (χ0v) is 10.5. The summed E-state index contributed by atoms with van der Waals surface area (Å²) in [4.78, 5) is 13.8. The number of carbonyl (C=O) groups is 1. The van der Waals surface area contributed by atoms with Gasteiger partial charge in [-0.1, -0.05) is 17.3 Å².